The molecular formula is C15H20N6. The molecule has 0 amide bonds. The summed E-state index contributed by atoms with van der Waals surface area (Å²) in [6.45, 7) is 7.79. The third-order valence-corrected chi connectivity index (χ3v) is 2.73. The molecule has 2 aromatic rings. The van der Waals surface area contributed by atoms with E-state index in [1.54, 1.807) is 23.2 Å². The zero-order valence-corrected chi connectivity index (χ0v) is 12.2. The van der Waals surface area contributed by atoms with Gasteiger partial charge in [-0.3, -0.25) is 0 Å². The fourth-order valence-electron chi connectivity index (χ4n) is 1.77. The van der Waals surface area contributed by atoms with Crippen LogP contribution >= 0.6 is 0 Å². The van der Waals surface area contributed by atoms with Crippen LogP contribution in [-0.2, 0) is 6.54 Å². The minimum atomic E-state index is 0.573. The van der Waals surface area contributed by atoms with Gasteiger partial charge in [-0.05, 0) is 30.7 Å². The number of nitrogens with zero attached hydrogens (tertiary/aromatic N) is 4. The van der Waals surface area contributed by atoms with Crippen LogP contribution in [0.5, 0.6) is 0 Å². The Morgan fingerprint density at radius 2 is 2.33 bits per heavy atom. The first-order valence-corrected chi connectivity index (χ1v) is 6.91. The Kier molecular flexibility index (Phi) is 5.51. The quantitative estimate of drug-likeness (QED) is 0.479. The molecule has 0 aliphatic carbocycles. The third kappa shape index (κ3) is 4.45. The van der Waals surface area contributed by atoms with E-state index >= 15 is 0 Å². The molecule has 0 aromatic carbocycles. The van der Waals surface area contributed by atoms with Gasteiger partial charge in [0.25, 0.3) is 0 Å². The van der Waals surface area contributed by atoms with Crippen molar-refractivity contribution in [3.05, 3.63) is 55.0 Å². The first-order chi connectivity index (χ1) is 10.3. The summed E-state index contributed by atoms with van der Waals surface area (Å²) in [5, 5.41) is 10.5. The molecule has 0 atom stereocenters. The Hall–Kier alpha value is -2.63. The lowest BCUT2D eigenvalue weighted by atomic mass is 10.2. The van der Waals surface area contributed by atoms with E-state index in [4.69, 9.17) is 0 Å². The fraction of sp³-hybridized carbons (Fsp3) is 0.267. The van der Waals surface area contributed by atoms with Crippen molar-refractivity contribution in [2.24, 2.45) is 4.99 Å². The molecule has 0 spiro atoms. The van der Waals surface area contributed by atoms with Crippen LogP contribution in [0.15, 0.2) is 54.4 Å². The normalized spacial score (nSPS) is 11.2. The highest BCUT2D eigenvalue weighted by Crippen LogP contribution is 2.07. The number of nitrogens with one attached hydrogen (secondary N) is 2. The van der Waals surface area contributed by atoms with Gasteiger partial charge in [-0.2, -0.15) is 5.10 Å². The van der Waals surface area contributed by atoms with E-state index < -0.39 is 0 Å². The third-order valence-electron chi connectivity index (χ3n) is 2.73. The smallest absolute Gasteiger partial charge is 0.191 e. The molecule has 0 unspecified atom stereocenters. The molecule has 6 heteroatoms. The number of aliphatic imine (C=N–C) groups is 1. The summed E-state index contributed by atoms with van der Waals surface area (Å²) >= 11 is 0. The predicted molar refractivity (Wildman–Crippen MR) is 84.4 cm³/mol. The summed E-state index contributed by atoms with van der Waals surface area (Å²) in [6.07, 6.45) is 7.17. The van der Waals surface area contributed by atoms with Crippen LogP contribution in [0, 0.1) is 0 Å². The van der Waals surface area contributed by atoms with E-state index in [0.717, 1.165) is 23.9 Å². The summed E-state index contributed by atoms with van der Waals surface area (Å²) in [4.78, 5) is 8.84. The van der Waals surface area contributed by atoms with Gasteiger partial charge in [0.2, 0.25) is 0 Å². The van der Waals surface area contributed by atoms with Gasteiger partial charge in [-0.1, -0.05) is 6.08 Å². The molecule has 0 saturated heterocycles. The van der Waals surface area contributed by atoms with E-state index in [9.17, 15) is 0 Å². The molecule has 2 aromatic heterocycles. The van der Waals surface area contributed by atoms with Gasteiger partial charge in [0.05, 0.1) is 6.54 Å². The van der Waals surface area contributed by atoms with Crippen molar-refractivity contribution in [1.82, 2.24) is 25.4 Å². The van der Waals surface area contributed by atoms with Gasteiger partial charge < -0.3 is 10.6 Å². The number of pyridine rings is 1. The molecule has 6 nitrogen and oxygen atoms in total. The summed E-state index contributed by atoms with van der Waals surface area (Å²) in [7, 11) is 0. The number of hydrogen-bond acceptors (Lipinski definition) is 3. The molecule has 0 fully saturated rings. The second-order valence-corrected chi connectivity index (χ2v) is 4.34. The number of guanidine groups is 1. The highest BCUT2D eigenvalue weighted by atomic mass is 15.3. The maximum absolute atomic E-state index is 4.53. The van der Waals surface area contributed by atoms with Crippen LogP contribution in [0.2, 0.25) is 0 Å². The van der Waals surface area contributed by atoms with Crippen molar-refractivity contribution in [1.29, 1.82) is 0 Å². The Bertz CT molecular complexity index is 588. The lowest BCUT2D eigenvalue weighted by Gasteiger charge is -2.09. The molecule has 2 N–H and O–H groups in total. The average molecular weight is 284 g/mol. The highest BCUT2D eigenvalue weighted by Gasteiger charge is 2.00. The van der Waals surface area contributed by atoms with Crippen molar-refractivity contribution < 1.29 is 0 Å². The van der Waals surface area contributed by atoms with Crippen molar-refractivity contribution >= 4 is 5.96 Å². The minimum absolute atomic E-state index is 0.573. The molecule has 110 valence electrons. The van der Waals surface area contributed by atoms with Crippen LogP contribution in [0.4, 0.5) is 0 Å². The lowest BCUT2D eigenvalue weighted by Crippen LogP contribution is -2.37. The van der Waals surface area contributed by atoms with Gasteiger partial charge >= 0.3 is 0 Å². The topological polar surface area (TPSA) is 67.1 Å². The first-order valence-electron chi connectivity index (χ1n) is 6.91. The Balaban J connectivity index is 2.07. The molecule has 0 aliphatic heterocycles. The number of hydrogen-bond donors (Lipinski definition) is 2. The molecule has 0 aliphatic rings. The van der Waals surface area contributed by atoms with Crippen molar-refractivity contribution in [3.8, 4) is 5.82 Å². The molecule has 0 bridgehead atoms. The lowest BCUT2D eigenvalue weighted by molar-refractivity contribution is 0.836. The van der Waals surface area contributed by atoms with Crippen LogP contribution in [0.1, 0.15) is 12.5 Å². The Morgan fingerprint density at radius 3 is 3.05 bits per heavy atom. The van der Waals surface area contributed by atoms with Gasteiger partial charge in [0.1, 0.15) is 0 Å². The molecule has 21 heavy (non-hydrogen) atoms. The maximum Gasteiger partial charge on any atom is 0.191 e. The molecular weight excluding hydrogens is 264 g/mol. The van der Waals surface area contributed by atoms with Crippen molar-refractivity contribution in [2.45, 2.75) is 13.5 Å². The van der Waals surface area contributed by atoms with Crippen LogP contribution in [-0.4, -0.2) is 33.8 Å². The zero-order valence-electron chi connectivity index (χ0n) is 12.2. The monoisotopic (exact) mass is 284 g/mol. The van der Waals surface area contributed by atoms with Crippen LogP contribution in [0.25, 0.3) is 5.82 Å². The maximum atomic E-state index is 4.53. The van der Waals surface area contributed by atoms with E-state index in [1.165, 1.54) is 0 Å². The minimum Gasteiger partial charge on any atom is -0.357 e. The number of aromatic nitrogens is 3. The van der Waals surface area contributed by atoms with Gasteiger partial charge in [-0.15, -0.1) is 6.58 Å². The summed E-state index contributed by atoms with van der Waals surface area (Å²) in [5.41, 5.74) is 1.08. The van der Waals surface area contributed by atoms with Gasteiger partial charge in [-0.25, -0.2) is 14.7 Å². The highest BCUT2D eigenvalue weighted by molar-refractivity contribution is 5.79. The SMILES string of the molecule is C=CCNC(=NCc1ccnc(-n2cccn2)c1)NCC. The second-order valence-electron chi connectivity index (χ2n) is 4.34. The second kappa shape index (κ2) is 7.84. The first kappa shape index (κ1) is 14.8. The Labute approximate surface area is 124 Å². The van der Waals surface area contributed by atoms with Crippen LogP contribution in [0.3, 0.4) is 0 Å². The zero-order chi connectivity index (χ0) is 14.9. The van der Waals surface area contributed by atoms with E-state index in [0.29, 0.717) is 13.1 Å². The van der Waals surface area contributed by atoms with Gasteiger partial charge in [0, 0.05) is 31.7 Å². The predicted octanol–water partition coefficient (Wildman–Crippen LogP) is 1.51. The van der Waals surface area contributed by atoms with E-state index in [2.05, 4.69) is 32.3 Å². The average Bonchev–Trinajstić information content (AvgIpc) is 3.05. The van der Waals surface area contributed by atoms with Crippen LogP contribution < -0.4 is 10.6 Å². The van der Waals surface area contributed by atoms with E-state index in [-0.39, 0.29) is 0 Å². The molecule has 0 saturated carbocycles. The molecule has 0 radical (unpaired) electrons. The molecule has 2 rings (SSSR count). The van der Waals surface area contributed by atoms with E-state index in [1.807, 2.05) is 31.3 Å². The standard InChI is InChI=1S/C15H20N6/c1-3-7-18-15(16-4-2)19-12-13-6-9-17-14(11-13)21-10-5-8-20-21/h3,5-6,8-11H,1,4,7,12H2,2H3,(H2,16,18,19). The summed E-state index contributed by atoms with van der Waals surface area (Å²) < 4.78 is 1.73. The number of rotatable bonds is 6. The summed E-state index contributed by atoms with van der Waals surface area (Å²) in [5.74, 6) is 1.56. The fourth-order valence-corrected chi connectivity index (χ4v) is 1.77. The summed E-state index contributed by atoms with van der Waals surface area (Å²) in [6, 6.07) is 5.80. The Morgan fingerprint density at radius 1 is 1.43 bits per heavy atom. The van der Waals surface area contributed by atoms with Gasteiger partial charge in [0.15, 0.2) is 11.8 Å². The molecule has 2 heterocycles. The van der Waals surface area contributed by atoms with Crippen molar-refractivity contribution in [3.63, 3.8) is 0 Å². The largest absolute Gasteiger partial charge is 0.357 e. The van der Waals surface area contributed by atoms with Crippen molar-refractivity contribution in [2.75, 3.05) is 13.1 Å².